The number of amides is 2. The second-order valence-electron chi connectivity index (χ2n) is 6.67. The second kappa shape index (κ2) is 7.49. The third kappa shape index (κ3) is 3.75. The summed E-state index contributed by atoms with van der Waals surface area (Å²) < 4.78 is 35.1. The van der Waals surface area contributed by atoms with Crippen molar-refractivity contribution in [1.82, 2.24) is 20.8 Å². The maximum atomic E-state index is 12.1. The summed E-state index contributed by atoms with van der Waals surface area (Å²) in [4.78, 5) is 30.9. The zero-order chi connectivity index (χ0) is 20.4. The van der Waals surface area contributed by atoms with Crippen LogP contribution in [-0.4, -0.2) is 35.0 Å². The summed E-state index contributed by atoms with van der Waals surface area (Å²) >= 11 is 0. The molecule has 2 heterocycles. The molecule has 1 aromatic heterocycles. The van der Waals surface area contributed by atoms with Gasteiger partial charge in [0.1, 0.15) is 0 Å². The Morgan fingerprint density at radius 2 is 1.79 bits per heavy atom. The van der Waals surface area contributed by atoms with Crippen molar-refractivity contribution < 1.29 is 27.8 Å². The van der Waals surface area contributed by atoms with Gasteiger partial charge in [-0.2, -0.15) is 8.78 Å². The number of halogens is 2. The molecule has 0 radical (unpaired) electrons. The van der Waals surface area contributed by atoms with Crippen molar-refractivity contribution in [2.75, 3.05) is 12.1 Å². The number of fused-ring (bicyclic) bond motifs is 1. The molecular formula is C18H17F2N5O4. The van der Waals surface area contributed by atoms with Crippen LogP contribution >= 0.6 is 0 Å². The molecule has 1 saturated carbocycles. The van der Waals surface area contributed by atoms with E-state index in [0.29, 0.717) is 17.4 Å². The number of nitrogens with one attached hydrogen (secondary N) is 3. The van der Waals surface area contributed by atoms with Gasteiger partial charge in [-0.05, 0) is 37.0 Å². The highest BCUT2D eigenvalue weighted by Gasteiger charge is 2.40. The Labute approximate surface area is 163 Å². The normalized spacial score (nSPS) is 16.1. The van der Waals surface area contributed by atoms with Gasteiger partial charge in [0.25, 0.3) is 5.91 Å². The lowest BCUT2D eigenvalue weighted by molar-refractivity contribution is -0.132. The fraction of sp³-hybridized carbons (Fsp3) is 0.333. The van der Waals surface area contributed by atoms with Crippen LogP contribution in [0.3, 0.4) is 0 Å². The Bertz CT molecular complexity index is 934. The molecule has 1 aromatic carbocycles. The van der Waals surface area contributed by atoms with E-state index in [1.54, 1.807) is 5.43 Å². The van der Waals surface area contributed by atoms with Crippen LogP contribution in [0.5, 0.6) is 11.5 Å². The van der Waals surface area contributed by atoms with E-state index in [2.05, 4.69) is 15.3 Å². The third-order valence-corrected chi connectivity index (χ3v) is 4.89. The molecule has 9 nitrogen and oxygen atoms in total. The standard InChI is InChI=1S/C18H17F2N5O4/c19-14(20)16(27)25-24-15(26)10-7-21-17(22-8-10)23-18(4-1-5-18)11-2-3-12-13(6-11)29-9-28-12/h2-3,6-8,14H,1,4-5,9H2,(H,24,26)(H,25,27)(H,21,22,23). The number of benzene rings is 1. The summed E-state index contributed by atoms with van der Waals surface area (Å²) in [6, 6.07) is 5.76. The van der Waals surface area contributed by atoms with Crippen molar-refractivity contribution in [2.45, 2.75) is 31.2 Å². The van der Waals surface area contributed by atoms with E-state index in [9.17, 15) is 18.4 Å². The summed E-state index contributed by atoms with van der Waals surface area (Å²) in [6.45, 7) is 0.198. The minimum absolute atomic E-state index is 0.0101. The third-order valence-electron chi connectivity index (χ3n) is 4.89. The molecule has 0 unspecified atom stereocenters. The highest BCUT2D eigenvalue weighted by atomic mass is 19.3. The van der Waals surface area contributed by atoms with Crippen LogP contribution in [0.2, 0.25) is 0 Å². The minimum Gasteiger partial charge on any atom is -0.454 e. The van der Waals surface area contributed by atoms with Crippen LogP contribution < -0.4 is 25.6 Å². The summed E-state index contributed by atoms with van der Waals surface area (Å²) in [5.41, 5.74) is 4.17. The molecule has 2 aromatic rings. The monoisotopic (exact) mass is 405 g/mol. The van der Waals surface area contributed by atoms with Crippen molar-refractivity contribution in [3.8, 4) is 11.5 Å². The number of aromatic nitrogens is 2. The molecule has 1 aliphatic heterocycles. The number of alkyl halides is 2. The number of carbonyl (C=O) groups excluding carboxylic acids is 2. The van der Waals surface area contributed by atoms with Gasteiger partial charge < -0.3 is 14.8 Å². The van der Waals surface area contributed by atoms with E-state index >= 15 is 0 Å². The van der Waals surface area contributed by atoms with Gasteiger partial charge in [0.05, 0.1) is 11.1 Å². The lowest BCUT2D eigenvalue weighted by atomic mass is 9.72. The van der Waals surface area contributed by atoms with Gasteiger partial charge in [-0.1, -0.05) is 6.07 Å². The summed E-state index contributed by atoms with van der Waals surface area (Å²) in [5, 5.41) is 3.31. The van der Waals surface area contributed by atoms with E-state index in [1.807, 2.05) is 23.6 Å². The van der Waals surface area contributed by atoms with Crippen LogP contribution in [0, 0.1) is 0 Å². The van der Waals surface area contributed by atoms with Crippen molar-refractivity contribution >= 4 is 17.8 Å². The number of hydrogen-bond acceptors (Lipinski definition) is 7. The van der Waals surface area contributed by atoms with Crippen molar-refractivity contribution in [2.24, 2.45) is 0 Å². The zero-order valence-electron chi connectivity index (χ0n) is 15.1. The number of hydrogen-bond donors (Lipinski definition) is 3. The molecule has 152 valence electrons. The van der Waals surface area contributed by atoms with Gasteiger partial charge >= 0.3 is 12.3 Å². The lowest BCUT2D eigenvalue weighted by Gasteiger charge is -2.43. The number of rotatable bonds is 5. The lowest BCUT2D eigenvalue weighted by Crippen LogP contribution is -2.44. The van der Waals surface area contributed by atoms with E-state index in [0.717, 1.165) is 24.8 Å². The van der Waals surface area contributed by atoms with Crippen LogP contribution in [0.25, 0.3) is 0 Å². The predicted octanol–water partition coefficient (Wildman–Crippen LogP) is 1.72. The molecule has 29 heavy (non-hydrogen) atoms. The summed E-state index contributed by atoms with van der Waals surface area (Å²) in [7, 11) is 0. The van der Waals surface area contributed by atoms with Gasteiger partial charge in [0, 0.05) is 12.4 Å². The van der Waals surface area contributed by atoms with E-state index in [-0.39, 0.29) is 17.9 Å². The number of nitrogens with zero attached hydrogens (tertiary/aromatic N) is 2. The Kier molecular flexibility index (Phi) is 4.87. The zero-order valence-corrected chi connectivity index (χ0v) is 15.1. The molecule has 11 heteroatoms. The number of hydrazine groups is 1. The minimum atomic E-state index is -3.23. The van der Waals surface area contributed by atoms with Gasteiger partial charge in [0.2, 0.25) is 12.7 Å². The molecule has 1 aliphatic carbocycles. The van der Waals surface area contributed by atoms with Crippen LogP contribution in [0.1, 0.15) is 35.2 Å². The van der Waals surface area contributed by atoms with Crippen LogP contribution in [0.15, 0.2) is 30.6 Å². The maximum absolute atomic E-state index is 12.1. The molecule has 0 saturated heterocycles. The average Bonchev–Trinajstić information content (AvgIpc) is 3.16. The maximum Gasteiger partial charge on any atom is 0.317 e. The Morgan fingerprint density at radius 3 is 2.45 bits per heavy atom. The van der Waals surface area contributed by atoms with Crippen LogP contribution in [0.4, 0.5) is 14.7 Å². The fourth-order valence-electron chi connectivity index (χ4n) is 3.18. The molecule has 0 atom stereocenters. The fourth-order valence-corrected chi connectivity index (χ4v) is 3.18. The number of ether oxygens (including phenoxy) is 2. The first kappa shape index (κ1) is 18.8. The highest BCUT2D eigenvalue weighted by molar-refractivity contribution is 5.95. The number of anilines is 1. The molecule has 3 N–H and O–H groups in total. The van der Waals surface area contributed by atoms with E-state index < -0.39 is 18.2 Å². The van der Waals surface area contributed by atoms with Gasteiger partial charge in [0.15, 0.2) is 11.5 Å². The molecule has 4 rings (SSSR count). The van der Waals surface area contributed by atoms with Crippen molar-refractivity contribution in [3.63, 3.8) is 0 Å². The quantitative estimate of drug-likeness (QED) is 0.649. The average molecular weight is 405 g/mol. The molecule has 2 amide bonds. The SMILES string of the molecule is O=C(NNC(=O)C(F)F)c1cnc(NC2(c3ccc4c(c3)OCO4)CCC2)nc1. The molecule has 1 fully saturated rings. The summed E-state index contributed by atoms with van der Waals surface area (Å²) in [6.07, 6.45) is 2.03. The highest BCUT2D eigenvalue weighted by Crippen LogP contribution is 2.46. The molecule has 0 spiro atoms. The first-order valence-electron chi connectivity index (χ1n) is 8.86. The summed E-state index contributed by atoms with van der Waals surface area (Å²) in [5.74, 6) is -0.702. The Morgan fingerprint density at radius 1 is 1.07 bits per heavy atom. The molecule has 2 aliphatic rings. The van der Waals surface area contributed by atoms with Gasteiger partial charge in [-0.15, -0.1) is 0 Å². The molecular weight excluding hydrogens is 388 g/mol. The van der Waals surface area contributed by atoms with Gasteiger partial charge in [-0.25, -0.2) is 9.97 Å². The Balaban J connectivity index is 1.44. The Hall–Kier alpha value is -3.50. The van der Waals surface area contributed by atoms with E-state index in [4.69, 9.17) is 9.47 Å². The van der Waals surface area contributed by atoms with Crippen molar-refractivity contribution in [1.29, 1.82) is 0 Å². The van der Waals surface area contributed by atoms with E-state index in [1.165, 1.54) is 12.4 Å². The largest absolute Gasteiger partial charge is 0.454 e. The number of carbonyl (C=O) groups is 2. The first-order valence-corrected chi connectivity index (χ1v) is 8.86. The first-order chi connectivity index (χ1) is 14.0. The van der Waals surface area contributed by atoms with Gasteiger partial charge in [-0.3, -0.25) is 20.4 Å². The predicted molar refractivity (Wildman–Crippen MR) is 95.4 cm³/mol. The van der Waals surface area contributed by atoms with Crippen molar-refractivity contribution in [3.05, 3.63) is 41.7 Å². The topological polar surface area (TPSA) is 114 Å². The second-order valence-corrected chi connectivity index (χ2v) is 6.67. The smallest absolute Gasteiger partial charge is 0.317 e. The molecule has 0 bridgehead atoms. The van der Waals surface area contributed by atoms with Crippen LogP contribution in [-0.2, 0) is 10.3 Å².